The average Bonchev–Trinajstić information content (AvgIpc) is 2.45. The van der Waals surface area contributed by atoms with Crippen molar-refractivity contribution in [1.29, 1.82) is 0 Å². The summed E-state index contributed by atoms with van der Waals surface area (Å²) in [5.74, 6) is 3.24. The number of terminal acetylenes is 1. The Hall–Kier alpha value is -2.21. The van der Waals surface area contributed by atoms with Gasteiger partial charge in [0.05, 0.1) is 13.7 Å². The number of methoxy groups -OCH3 is 1. The van der Waals surface area contributed by atoms with Gasteiger partial charge in [0.2, 0.25) is 5.91 Å². The molecule has 0 fully saturated rings. The summed E-state index contributed by atoms with van der Waals surface area (Å²) in [5, 5.41) is 0. The molecule has 0 spiro atoms. The molecule has 0 radical (unpaired) electrons. The van der Waals surface area contributed by atoms with Gasteiger partial charge in [0.25, 0.3) is 0 Å². The van der Waals surface area contributed by atoms with Gasteiger partial charge in [-0.1, -0.05) is 25.0 Å². The van der Waals surface area contributed by atoms with Crippen molar-refractivity contribution in [3.05, 3.63) is 35.9 Å². The van der Waals surface area contributed by atoms with E-state index >= 15 is 0 Å². The van der Waals surface area contributed by atoms with Gasteiger partial charge in [0.15, 0.2) is 0 Å². The maximum absolute atomic E-state index is 11.9. The van der Waals surface area contributed by atoms with Gasteiger partial charge < -0.3 is 9.64 Å². The maximum atomic E-state index is 11.9. The van der Waals surface area contributed by atoms with Crippen molar-refractivity contribution in [1.82, 2.24) is 4.90 Å². The first-order valence-corrected chi connectivity index (χ1v) is 6.25. The summed E-state index contributed by atoms with van der Waals surface area (Å²) in [6.45, 7) is 3.04. The second-order valence-electron chi connectivity index (χ2n) is 4.07. The predicted octanol–water partition coefficient (Wildman–Crippen LogP) is 2.58. The number of rotatable bonds is 6. The first kappa shape index (κ1) is 14.8. The zero-order chi connectivity index (χ0) is 14.1. The number of carbonyl (C=O) groups excluding carboxylic acids is 1. The highest BCUT2D eigenvalue weighted by atomic mass is 16.5. The number of nitrogens with zero attached hydrogens (tertiary/aromatic N) is 1. The molecule has 0 aliphatic heterocycles. The number of benzene rings is 1. The molecule has 0 heterocycles. The van der Waals surface area contributed by atoms with Crippen LogP contribution in [0, 0.1) is 12.3 Å². The maximum Gasteiger partial charge on any atom is 0.247 e. The molecule has 0 bridgehead atoms. The van der Waals surface area contributed by atoms with Crippen molar-refractivity contribution in [2.45, 2.75) is 13.3 Å². The third-order valence-electron chi connectivity index (χ3n) is 2.62. The number of hydrogen-bond acceptors (Lipinski definition) is 2. The second kappa shape index (κ2) is 7.99. The summed E-state index contributed by atoms with van der Waals surface area (Å²) in [6.07, 6.45) is 9.48. The van der Waals surface area contributed by atoms with Gasteiger partial charge in [-0.25, -0.2) is 0 Å². The van der Waals surface area contributed by atoms with Crippen LogP contribution in [0.5, 0.6) is 5.75 Å². The molecule has 0 N–H and O–H groups in total. The van der Waals surface area contributed by atoms with Crippen molar-refractivity contribution in [2.24, 2.45) is 0 Å². The van der Waals surface area contributed by atoms with Crippen LogP contribution < -0.4 is 4.74 Å². The second-order valence-corrected chi connectivity index (χ2v) is 4.07. The molecule has 0 aromatic heterocycles. The monoisotopic (exact) mass is 257 g/mol. The van der Waals surface area contributed by atoms with Crippen molar-refractivity contribution in [3.8, 4) is 18.1 Å². The van der Waals surface area contributed by atoms with Gasteiger partial charge in [-0.2, -0.15) is 0 Å². The Balaban J connectivity index is 2.67. The number of amides is 1. The lowest BCUT2D eigenvalue weighted by Crippen LogP contribution is -2.30. The van der Waals surface area contributed by atoms with Crippen molar-refractivity contribution in [3.63, 3.8) is 0 Å². The Labute approximate surface area is 114 Å². The van der Waals surface area contributed by atoms with E-state index in [1.54, 1.807) is 24.2 Å². The van der Waals surface area contributed by atoms with E-state index in [4.69, 9.17) is 11.2 Å². The highest BCUT2D eigenvalue weighted by molar-refractivity contribution is 5.91. The van der Waals surface area contributed by atoms with Crippen LogP contribution >= 0.6 is 0 Å². The minimum atomic E-state index is -0.0596. The largest absolute Gasteiger partial charge is 0.497 e. The first-order chi connectivity index (χ1) is 9.21. The Morgan fingerprint density at radius 2 is 2.11 bits per heavy atom. The van der Waals surface area contributed by atoms with Gasteiger partial charge >= 0.3 is 0 Å². The standard InChI is InChI=1S/C16H19NO2/c1-4-12-17(13-5-2)16(18)11-8-14-6-9-15(19-3)10-7-14/h1,6-11H,5,12-13H2,2-3H3/b11-8+. The highest BCUT2D eigenvalue weighted by Crippen LogP contribution is 2.12. The van der Waals surface area contributed by atoms with E-state index < -0.39 is 0 Å². The Kier molecular flexibility index (Phi) is 6.25. The summed E-state index contributed by atoms with van der Waals surface area (Å²) in [6, 6.07) is 7.51. The summed E-state index contributed by atoms with van der Waals surface area (Å²) in [4.78, 5) is 13.6. The molecule has 3 heteroatoms. The molecule has 100 valence electrons. The predicted molar refractivity (Wildman–Crippen MR) is 77.7 cm³/mol. The minimum Gasteiger partial charge on any atom is -0.497 e. The number of ether oxygens (including phenoxy) is 1. The van der Waals surface area contributed by atoms with Crippen LogP contribution in [-0.4, -0.2) is 31.0 Å². The topological polar surface area (TPSA) is 29.5 Å². The SMILES string of the molecule is C#CCN(CCC)C(=O)/C=C/c1ccc(OC)cc1. The lowest BCUT2D eigenvalue weighted by Gasteiger charge is -2.17. The van der Waals surface area contributed by atoms with E-state index in [9.17, 15) is 4.79 Å². The van der Waals surface area contributed by atoms with Gasteiger partial charge in [-0.15, -0.1) is 6.42 Å². The third kappa shape index (κ3) is 4.89. The molecule has 1 amide bonds. The lowest BCUT2D eigenvalue weighted by atomic mass is 10.2. The normalized spacial score (nSPS) is 10.2. The summed E-state index contributed by atoms with van der Waals surface area (Å²) < 4.78 is 5.08. The van der Waals surface area contributed by atoms with Gasteiger partial charge in [0.1, 0.15) is 5.75 Å². The summed E-state index contributed by atoms with van der Waals surface area (Å²) >= 11 is 0. The quantitative estimate of drug-likeness (QED) is 0.579. The minimum absolute atomic E-state index is 0.0596. The molecule has 0 saturated heterocycles. The fraction of sp³-hybridized carbons (Fsp3) is 0.312. The fourth-order valence-corrected chi connectivity index (χ4v) is 1.64. The fourth-order valence-electron chi connectivity index (χ4n) is 1.64. The molecular weight excluding hydrogens is 238 g/mol. The van der Waals surface area contributed by atoms with Crippen LogP contribution in [0.4, 0.5) is 0 Å². The molecule has 0 aliphatic carbocycles. The average molecular weight is 257 g/mol. The highest BCUT2D eigenvalue weighted by Gasteiger charge is 2.07. The Morgan fingerprint density at radius 3 is 2.63 bits per heavy atom. The van der Waals surface area contributed by atoms with Crippen molar-refractivity contribution < 1.29 is 9.53 Å². The molecule has 1 rings (SSSR count). The van der Waals surface area contributed by atoms with Crippen molar-refractivity contribution >= 4 is 12.0 Å². The molecule has 0 saturated carbocycles. The van der Waals surface area contributed by atoms with Crippen LogP contribution in [-0.2, 0) is 4.79 Å². The zero-order valence-electron chi connectivity index (χ0n) is 11.4. The van der Waals surface area contributed by atoms with Crippen LogP contribution in [0.3, 0.4) is 0 Å². The first-order valence-electron chi connectivity index (χ1n) is 6.25. The molecule has 0 atom stereocenters. The van der Waals surface area contributed by atoms with Crippen LogP contribution in [0.15, 0.2) is 30.3 Å². The zero-order valence-corrected chi connectivity index (χ0v) is 11.4. The molecule has 1 aromatic carbocycles. The molecule has 3 nitrogen and oxygen atoms in total. The van der Waals surface area contributed by atoms with E-state index in [0.29, 0.717) is 13.1 Å². The Morgan fingerprint density at radius 1 is 1.42 bits per heavy atom. The van der Waals surface area contributed by atoms with Crippen LogP contribution in [0.2, 0.25) is 0 Å². The van der Waals surface area contributed by atoms with E-state index in [2.05, 4.69) is 5.92 Å². The van der Waals surface area contributed by atoms with Crippen LogP contribution in [0.1, 0.15) is 18.9 Å². The van der Waals surface area contributed by atoms with Gasteiger partial charge in [-0.05, 0) is 30.2 Å². The van der Waals surface area contributed by atoms with E-state index in [1.807, 2.05) is 31.2 Å². The van der Waals surface area contributed by atoms with E-state index in [1.165, 1.54) is 0 Å². The van der Waals surface area contributed by atoms with E-state index in [0.717, 1.165) is 17.7 Å². The Bertz CT molecular complexity index is 469. The van der Waals surface area contributed by atoms with Gasteiger partial charge in [0, 0.05) is 12.6 Å². The van der Waals surface area contributed by atoms with Crippen molar-refractivity contribution in [2.75, 3.05) is 20.2 Å². The number of carbonyl (C=O) groups is 1. The molecular formula is C16H19NO2. The third-order valence-corrected chi connectivity index (χ3v) is 2.62. The molecule has 19 heavy (non-hydrogen) atoms. The lowest BCUT2D eigenvalue weighted by molar-refractivity contribution is -0.125. The van der Waals surface area contributed by atoms with E-state index in [-0.39, 0.29) is 5.91 Å². The summed E-state index contributed by atoms with van der Waals surface area (Å²) in [5.41, 5.74) is 0.950. The molecule has 0 aliphatic rings. The number of hydrogen-bond donors (Lipinski definition) is 0. The van der Waals surface area contributed by atoms with Gasteiger partial charge in [-0.3, -0.25) is 4.79 Å². The summed E-state index contributed by atoms with van der Waals surface area (Å²) in [7, 11) is 1.62. The van der Waals surface area contributed by atoms with Crippen LogP contribution in [0.25, 0.3) is 6.08 Å². The smallest absolute Gasteiger partial charge is 0.247 e. The molecule has 1 aromatic rings. The molecule has 0 unspecified atom stereocenters.